The molecule has 25 heavy (non-hydrogen) atoms. The van der Waals surface area contributed by atoms with Crippen molar-refractivity contribution in [1.29, 1.82) is 0 Å². The monoisotopic (exact) mass is 389 g/mol. The van der Waals surface area contributed by atoms with Crippen LogP contribution in [0.4, 0.5) is 0 Å². The van der Waals surface area contributed by atoms with Gasteiger partial charge in [0.05, 0.1) is 8.07 Å². The first-order chi connectivity index (χ1) is 10.2. The SMILES string of the molecule is CCc1cc(CC)cc([Si](C)(C)C2(C)[C-]=C(C)C(C)=C2C)c1.[CH3-].[CH3-].[Ti+3]. The van der Waals surface area contributed by atoms with Gasteiger partial charge in [0, 0.05) is 0 Å². The number of aryl methyl sites for hydroxylation is 2. The molecule has 1 atom stereocenters. The van der Waals surface area contributed by atoms with Crippen LogP contribution in [0.5, 0.6) is 0 Å². The summed E-state index contributed by atoms with van der Waals surface area (Å²) in [6, 6.07) is 7.31. The molecule has 1 aliphatic carbocycles. The van der Waals surface area contributed by atoms with Crippen LogP contribution in [0.3, 0.4) is 0 Å². The van der Waals surface area contributed by atoms with E-state index in [0.29, 0.717) is 0 Å². The topological polar surface area (TPSA) is 0 Å². The average Bonchev–Trinajstić information content (AvgIpc) is 2.71. The summed E-state index contributed by atoms with van der Waals surface area (Å²) in [5, 5.41) is 1.69. The Morgan fingerprint density at radius 1 is 0.920 bits per heavy atom. The van der Waals surface area contributed by atoms with Gasteiger partial charge in [-0.05, 0) is 24.0 Å². The second-order valence-corrected chi connectivity index (χ2v) is 12.3. The van der Waals surface area contributed by atoms with E-state index in [0.717, 1.165) is 12.8 Å². The molecule has 0 heterocycles. The standard InChI is InChI=1S/C21H31Si.2CH3.Ti/c1-9-18-11-19(10-2)13-20(12-18)22(7,8)21(6)14-15(3)16(4)17(21)5;;;/h11-13H,9-10H2,1-8H3;2*1H3;/q3*-1;+3. The van der Waals surface area contributed by atoms with Crippen LogP contribution >= 0.6 is 0 Å². The molecule has 2 rings (SSSR count). The maximum atomic E-state index is 3.85. The zero-order chi connectivity index (χ0) is 16.7. The predicted molar refractivity (Wildman–Crippen MR) is 114 cm³/mol. The molecule has 0 saturated heterocycles. The van der Waals surface area contributed by atoms with Gasteiger partial charge in [-0.25, -0.2) is 5.57 Å². The van der Waals surface area contributed by atoms with E-state index in [1.165, 1.54) is 27.8 Å². The Morgan fingerprint density at radius 3 is 1.68 bits per heavy atom. The normalized spacial score (nSPS) is 19.6. The van der Waals surface area contributed by atoms with E-state index in [9.17, 15) is 0 Å². The van der Waals surface area contributed by atoms with Crippen molar-refractivity contribution in [3.63, 3.8) is 0 Å². The first-order valence-corrected chi connectivity index (χ1v) is 11.6. The largest absolute Gasteiger partial charge is 3.00 e. The average molecular weight is 390 g/mol. The molecule has 0 bridgehead atoms. The van der Waals surface area contributed by atoms with Crippen LogP contribution in [0.15, 0.2) is 34.9 Å². The zero-order valence-electron chi connectivity index (χ0n) is 18.1. The van der Waals surface area contributed by atoms with E-state index >= 15 is 0 Å². The Kier molecular flexibility index (Phi) is 10.2. The summed E-state index contributed by atoms with van der Waals surface area (Å²) in [7, 11) is -1.70. The molecule has 0 aliphatic heterocycles. The van der Waals surface area contributed by atoms with Crippen molar-refractivity contribution in [1.82, 2.24) is 0 Å². The van der Waals surface area contributed by atoms with Crippen molar-refractivity contribution in [2.45, 2.75) is 72.5 Å². The van der Waals surface area contributed by atoms with Gasteiger partial charge in [-0.3, -0.25) is 6.08 Å². The van der Waals surface area contributed by atoms with Crippen molar-refractivity contribution < 1.29 is 21.7 Å². The Balaban J connectivity index is 0. The summed E-state index contributed by atoms with van der Waals surface area (Å²) >= 11 is 0. The van der Waals surface area contributed by atoms with Gasteiger partial charge in [0.2, 0.25) is 0 Å². The molecule has 137 valence electrons. The number of hydrogen-bond acceptors (Lipinski definition) is 0. The molecule has 0 nitrogen and oxygen atoms in total. The molecule has 0 saturated carbocycles. The van der Waals surface area contributed by atoms with E-state index in [1.807, 2.05) is 0 Å². The minimum Gasteiger partial charge on any atom is -0.358 e. The summed E-state index contributed by atoms with van der Waals surface area (Å²) in [6.45, 7) is 18.8. The number of rotatable bonds is 4. The molecular weight excluding hydrogens is 352 g/mol. The van der Waals surface area contributed by atoms with Crippen LogP contribution in [0.1, 0.15) is 52.7 Å². The molecule has 1 unspecified atom stereocenters. The van der Waals surface area contributed by atoms with Crippen LogP contribution in [-0.2, 0) is 34.6 Å². The van der Waals surface area contributed by atoms with Gasteiger partial charge in [0.25, 0.3) is 0 Å². The first-order valence-electron chi connectivity index (χ1n) is 8.60. The van der Waals surface area contributed by atoms with Crippen molar-refractivity contribution >= 4 is 13.3 Å². The minimum absolute atomic E-state index is 0. The number of hydrogen-bond donors (Lipinski definition) is 0. The molecule has 1 aromatic rings. The van der Waals surface area contributed by atoms with Crippen LogP contribution in [0.2, 0.25) is 18.1 Å². The van der Waals surface area contributed by atoms with Crippen LogP contribution in [-0.4, -0.2) is 8.07 Å². The first kappa shape index (κ1) is 26.9. The van der Waals surface area contributed by atoms with Gasteiger partial charge in [-0.15, -0.1) is 6.92 Å². The fourth-order valence-electron chi connectivity index (χ4n) is 3.66. The van der Waals surface area contributed by atoms with Crippen LogP contribution in [0, 0.1) is 20.9 Å². The van der Waals surface area contributed by atoms with E-state index in [-0.39, 0.29) is 41.6 Å². The van der Waals surface area contributed by atoms with Gasteiger partial charge in [-0.1, -0.05) is 76.1 Å². The number of allylic oxidation sites excluding steroid dienone is 4. The third-order valence-corrected chi connectivity index (χ3v) is 10.9. The van der Waals surface area contributed by atoms with Gasteiger partial charge in [-0.2, -0.15) is 11.1 Å². The van der Waals surface area contributed by atoms with Gasteiger partial charge in [0.1, 0.15) is 0 Å². The van der Waals surface area contributed by atoms with E-state index in [1.54, 1.807) is 5.19 Å². The second kappa shape index (κ2) is 9.53. The summed E-state index contributed by atoms with van der Waals surface area (Å²) in [4.78, 5) is 0. The maximum absolute atomic E-state index is 3.85. The molecule has 0 N–H and O–H groups in total. The van der Waals surface area contributed by atoms with E-state index in [2.05, 4.69) is 78.9 Å². The van der Waals surface area contributed by atoms with Crippen molar-refractivity contribution in [3.05, 3.63) is 67.0 Å². The summed E-state index contributed by atoms with van der Waals surface area (Å²) in [5.74, 6) is 0. The Labute approximate surface area is 174 Å². The fourth-order valence-corrected chi connectivity index (χ4v) is 6.96. The summed E-state index contributed by atoms with van der Waals surface area (Å²) < 4.78 is 0. The van der Waals surface area contributed by atoms with Crippen LogP contribution < -0.4 is 5.19 Å². The van der Waals surface area contributed by atoms with Gasteiger partial charge < -0.3 is 14.9 Å². The Bertz CT molecular complexity index is 630. The molecule has 1 aliphatic rings. The predicted octanol–water partition coefficient (Wildman–Crippen LogP) is 6.48. The molecule has 1 radical (unpaired) electrons. The second-order valence-electron chi connectivity index (χ2n) is 7.50. The molecule has 0 amide bonds. The minimum atomic E-state index is -1.70. The smallest absolute Gasteiger partial charge is 0.358 e. The molecule has 1 aromatic carbocycles. The quantitative estimate of drug-likeness (QED) is 0.408. The number of benzene rings is 1. The summed E-state index contributed by atoms with van der Waals surface area (Å²) in [5.41, 5.74) is 7.29. The zero-order valence-corrected chi connectivity index (χ0v) is 20.7. The molecular formula is C23H37SiTi. The molecule has 0 fully saturated rings. The fraction of sp³-hybridized carbons (Fsp3) is 0.478. The molecule has 0 aromatic heterocycles. The van der Waals surface area contributed by atoms with Gasteiger partial charge in [0.15, 0.2) is 0 Å². The molecule has 2 heteroatoms. The van der Waals surface area contributed by atoms with E-state index < -0.39 is 8.07 Å². The third-order valence-electron chi connectivity index (χ3n) is 6.15. The van der Waals surface area contributed by atoms with Crippen molar-refractivity contribution in [2.24, 2.45) is 0 Å². The summed E-state index contributed by atoms with van der Waals surface area (Å²) in [6.07, 6.45) is 6.09. The van der Waals surface area contributed by atoms with Crippen molar-refractivity contribution in [3.8, 4) is 0 Å². The van der Waals surface area contributed by atoms with Gasteiger partial charge >= 0.3 is 21.7 Å². The van der Waals surface area contributed by atoms with E-state index in [4.69, 9.17) is 0 Å². The third kappa shape index (κ3) is 4.49. The Hall–Kier alpha value is -0.369. The Morgan fingerprint density at radius 2 is 1.36 bits per heavy atom. The van der Waals surface area contributed by atoms with Crippen molar-refractivity contribution in [2.75, 3.05) is 0 Å². The maximum Gasteiger partial charge on any atom is 3.00 e. The van der Waals surface area contributed by atoms with Crippen LogP contribution in [0.25, 0.3) is 0 Å². The molecule has 0 spiro atoms.